The zero-order valence-corrected chi connectivity index (χ0v) is 19.4. The molecule has 0 aliphatic rings. The number of carbonyl (C=O) groups is 1. The van der Waals surface area contributed by atoms with Crippen LogP contribution in [0.1, 0.15) is 40.7 Å². The number of benzene rings is 3. The van der Waals surface area contributed by atoms with Crippen molar-refractivity contribution in [3.8, 4) is 5.75 Å². The minimum absolute atomic E-state index is 0.0520. The maximum absolute atomic E-state index is 12.5. The molecule has 3 aromatic carbocycles. The van der Waals surface area contributed by atoms with Crippen LogP contribution in [0.4, 0.5) is 0 Å². The molecule has 5 nitrogen and oxygen atoms in total. The van der Waals surface area contributed by atoms with Crippen LogP contribution in [0.5, 0.6) is 5.75 Å². The number of hydrogen-bond donors (Lipinski definition) is 1. The molecule has 0 bridgehead atoms. The van der Waals surface area contributed by atoms with Gasteiger partial charge in [0, 0.05) is 25.1 Å². The Morgan fingerprint density at radius 3 is 2.64 bits per heavy atom. The molecule has 0 aliphatic carbocycles. The molecule has 1 heterocycles. The zero-order chi connectivity index (χ0) is 23.0. The number of imidazole rings is 1. The highest BCUT2D eigenvalue weighted by atomic mass is 16.5. The minimum Gasteiger partial charge on any atom is -0.494 e. The fourth-order valence-electron chi connectivity index (χ4n) is 3.98. The van der Waals surface area contributed by atoms with Gasteiger partial charge in [-0.05, 0) is 61.7 Å². The van der Waals surface area contributed by atoms with Crippen LogP contribution in [0, 0.1) is 6.92 Å². The molecule has 0 atom stereocenters. The number of ether oxygens (including phenoxy) is 1. The van der Waals surface area contributed by atoms with Crippen molar-refractivity contribution in [2.75, 3.05) is 13.2 Å². The molecule has 0 unspecified atom stereocenters. The average Bonchev–Trinajstić information content (AvgIpc) is 3.19. The number of rotatable bonds is 10. The highest BCUT2D eigenvalue weighted by molar-refractivity contribution is 5.94. The Hall–Kier alpha value is -3.60. The highest BCUT2D eigenvalue weighted by Gasteiger charge is 2.11. The number of aryl methyl sites for hydroxylation is 3. The van der Waals surface area contributed by atoms with Crippen LogP contribution >= 0.6 is 0 Å². The van der Waals surface area contributed by atoms with Crippen LogP contribution in [-0.4, -0.2) is 28.6 Å². The van der Waals surface area contributed by atoms with E-state index in [1.54, 1.807) is 0 Å². The lowest BCUT2D eigenvalue weighted by Gasteiger charge is -2.11. The Balaban J connectivity index is 1.36. The van der Waals surface area contributed by atoms with Crippen molar-refractivity contribution >= 4 is 16.9 Å². The summed E-state index contributed by atoms with van der Waals surface area (Å²) >= 11 is 0. The Labute approximate surface area is 195 Å². The molecule has 0 radical (unpaired) electrons. The van der Waals surface area contributed by atoms with Gasteiger partial charge in [-0.3, -0.25) is 4.79 Å². The summed E-state index contributed by atoms with van der Waals surface area (Å²) in [7, 11) is 0. The number of fused-ring (bicyclic) bond motifs is 1. The third-order valence-electron chi connectivity index (χ3n) is 5.77. The van der Waals surface area contributed by atoms with Crippen LogP contribution in [0.2, 0.25) is 0 Å². The molecule has 1 N–H and O–H groups in total. The van der Waals surface area contributed by atoms with Gasteiger partial charge < -0.3 is 14.6 Å². The van der Waals surface area contributed by atoms with E-state index in [9.17, 15) is 4.79 Å². The molecule has 0 saturated carbocycles. The predicted octanol–water partition coefficient (Wildman–Crippen LogP) is 5.35. The summed E-state index contributed by atoms with van der Waals surface area (Å²) in [4.78, 5) is 17.3. The minimum atomic E-state index is -0.0520. The number of para-hydroxylation sites is 2. The molecular weight excluding hydrogens is 410 g/mol. The smallest absolute Gasteiger partial charge is 0.251 e. The molecule has 1 amide bonds. The SMILES string of the molecule is CCc1ccc(OCCCn2c(CCNC(=O)c3cccc(C)c3)nc3ccccc32)cc1. The van der Waals surface area contributed by atoms with Gasteiger partial charge in [-0.2, -0.15) is 0 Å². The molecule has 170 valence electrons. The number of aromatic nitrogens is 2. The summed E-state index contributed by atoms with van der Waals surface area (Å²) in [5.41, 5.74) is 5.17. The predicted molar refractivity (Wildman–Crippen MR) is 133 cm³/mol. The number of carbonyl (C=O) groups excluding carboxylic acids is 1. The van der Waals surface area contributed by atoms with Crippen molar-refractivity contribution in [2.24, 2.45) is 0 Å². The lowest BCUT2D eigenvalue weighted by atomic mass is 10.1. The standard InChI is InChI=1S/C28H31N3O2/c1-3-22-12-14-24(15-13-22)33-19-7-18-31-26-11-5-4-10-25(26)30-27(31)16-17-29-28(32)23-9-6-8-21(2)20-23/h4-6,8-15,20H,3,7,16-19H2,1-2H3,(H,29,32). The van der Waals surface area contributed by atoms with Crippen LogP contribution in [0.25, 0.3) is 11.0 Å². The van der Waals surface area contributed by atoms with Gasteiger partial charge in [-0.15, -0.1) is 0 Å². The first-order chi connectivity index (χ1) is 16.1. The summed E-state index contributed by atoms with van der Waals surface area (Å²) in [6, 6.07) is 24.1. The van der Waals surface area contributed by atoms with Crippen molar-refractivity contribution in [2.45, 2.75) is 39.7 Å². The fourth-order valence-corrected chi connectivity index (χ4v) is 3.98. The van der Waals surface area contributed by atoms with Gasteiger partial charge in [-0.1, -0.05) is 48.9 Å². The topological polar surface area (TPSA) is 56.1 Å². The second-order valence-corrected chi connectivity index (χ2v) is 8.24. The molecule has 0 saturated heterocycles. The van der Waals surface area contributed by atoms with E-state index in [1.807, 2.05) is 61.5 Å². The average molecular weight is 442 g/mol. The molecular formula is C28H31N3O2. The first-order valence-corrected chi connectivity index (χ1v) is 11.6. The van der Waals surface area contributed by atoms with E-state index < -0.39 is 0 Å². The largest absolute Gasteiger partial charge is 0.494 e. The van der Waals surface area contributed by atoms with Crippen LogP contribution < -0.4 is 10.1 Å². The van der Waals surface area contributed by atoms with Crippen LogP contribution in [-0.2, 0) is 19.4 Å². The normalized spacial score (nSPS) is 11.0. The molecule has 0 fully saturated rings. The number of hydrogen-bond acceptors (Lipinski definition) is 3. The van der Waals surface area contributed by atoms with Gasteiger partial charge in [0.1, 0.15) is 11.6 Å². The second kappa shape index (κ2) is 10.8. The quantitative estimate of drug-likeness (QED) is 0.338. The van der Waals surface area contributed by atoms with E-state index >= 15 is 0 Å². The van der Waals surface area contributed by atoms with E-state index in [1.165, 1.54) is 5.56 Å². The van der Waals surface area contributed by atoms with Crippen molar-refractivity contribution in [3.63, 3.8) is 0 Å². The van der Waals surface area contributed by atoms with E-state index in [4.69, 9.17) is 9.72 Å². The van der Waals surface area contributed by atoms with Crippen LogP contribution in [0.15, 0.2) is 72.8 Å². The Morgan fingerprint density at radius 2 is 1.85 bits per heavy atom. The van der Waals surface area contributed by atoms with E-state index in [-0.39, 0.29) is 5.91 Å². The summed E-state index contributed by atoms with van der Waals surface area (Å²) in [5.74, 6) is 1.83. The molecule has 33 heavy (non-hydrogen) atoms. The van der Waals surface area contributed by atoms with Crippen molar-refractivity contribution in [3.05, 3.63) is 95.3 Å². The van der Waals surface area contributed by atoms with Gasteiger partial charge in [0.2, 0.25) is 0 Å². The van der Waals surface area contributed by atoms with Crippen molar-refractivity contribution in [1.82, 2.24) is 14.9 Å². The summed E-state index contributed by atoms with van der Waals surface area (Å²) < 4.78 is 8.18. The van der Waals surface area contributed by atoms with Crippen molar-refractivity contribution < 1.29 is 9.53 Å². The van der Waals surface area contributed by atoms with Crippen molar-refractivity contribution in [1.29, 1.82) is 0 Å². The van der Waals surface area contributed by atoms with Crippen LogP contribution in [0.3, 0.4) is 0 Å². The second-order valence-electron chi connectivity index (χ2n) is 8.24. The van der Waals surface area contributed by atoms with E-state index in [0.29, 0.717) is 25.1 Å². The molecule has 0 spiro atoms. The lowest BCUT2D eigenvalue weighted by molar-refractivity contribution is 0.0954. The maximum Gasteiger partial charge on any atom is 0.251 e. The summed E-state index contributed by atoms with van der Waals surface area (Å²) in [6.45, 7) is 6.13. The summed E-state index contributed by atoms with van der Waals surface area (Å²) in [5, 5.41) is 3.03. The zero-order valence-electron chi connectivity index (χ0n) is 19.4. The lowest BCUT2D eigenvalue weighted by Crippen LogP contribution is -2.26. The third-order valence-corrected chi connectivity index (χ3v) is 5.77. The number of amides is 1. The molecule has 5 heteroatoms. The number of nitrogens with one attached hydrogen (secondary N) is 1. The Morgan fingerprint density at radius 1 is 1.03 bits per heavy atom. The number of nitrogens with zero attached hydrogens (tertiary/aromatic N) is 2. The van der Waals surface area contributed by atoms with Gasteiger partial charge in [0.15, 0.2) is 0 Å². The van der Waals surface area contributed by atoms with E-state index in [0.717, 1.165) is 47.6 Å². The maximum atomic E-state index is 12.5. The highest BCUT2D eigenvalue weighted by Crippen LogP contribution is 2.18. The molecule has 0 aliphatic heterocycles. The first-order valence-electron chi connectivity index (χ1n) is 11.6. The molecule has 1 aromatic heterocycles. The third kappa shape index (κ3) is 5.80. The first kappa shape index (κ1) is 22.6. The fraction of sp³-hybridized carbons (Fsp3) is 0.286. The monoisotopic (exact) mass is 441 g/mol. The van der Waals surface area contributed by atoms with Gasteiger partial charge in [-0.25, -0.2) is 4.98 Å². The van der Waals surface area contributed by atoms with Gasteiger partial charge in [0.25, 0.3) is 5.91 Å². The molecule has 4 aromatic rings. The van der Waals surface area contributed by atoms with Gasteiger partial charge >= 0.3 is 0 Å². The Bertz CT molecular complexity index is 1210. The van der Waals surface area contributed by atoms with E-state index in [2.05, 4.69) is 35.0 Å². The summed E-state index contributed by atoms with van der Waals surface area (Å²) in [6.07, 6.45) is 2.58. The molecule has 4 rings (SSSR count). The van der Waals surface area contributed by atoms with Gasteiger partial charge in [0.05, 0.1) is 17.6 Å². The Kier molecular flexibility index (Phi) is 7.40.